The summed E-state index contributed by atoms with van der Waals surface area (Å²) in [7, 11) is 0. The second-order valence-corrected chi connectivity index (χ2v) is 7.81. The zero-order valence-corrected chi connectivity index (χ0v) is 15.6. The lowest BCUT2D eigenvalue weighted by atomic mass is 10.0. The number of ether oxygens (including phenoxy) is 1. The lowest BCUT2D eigenvalue weighted by Gasteiger charge is -2.21. The number of aromatic nitrogens is 3. The Bertz CT molecular complexity index is 1090. The van der Waals surface area contributed by atoms with Gasteiger partial charge in [-0.2, -0.15) is 5.10 Å². The quantitative estimate of drug-likeness (QED) is 0.588. The number of nitrogens with zero attached hydrogens (tertiary/aromatic N) is 3. The van der Waals surface area contributed by atoms with E-state index >= 15 is 0 Å². The van der Waals surface area contributed by atoms with Gasteiger partial charge in [0, 0.05) is 18.0 Å². The first-order valence-corrected chi connectivity index (χ1v) is 9.47. The van der Waals surface area contributed by atoms with Crippen molar-refractivity contribution in [2.45, 2.75) is 36.8 Å². The van der Waals surface area contributed by atoms with E-state index in [0.29, 0.717) is 36.4 Å². The standard InChI is InChI=1S/C20H20FN5O3/c21-13-2-3-16(28-12-19(22)4-5-19)15(10-13)20(6-7-20)25-29-18(27)14-11-24-26-9-1-8-23-17(14)26/h1-3,8-11,25H,4-7,12,22H2. The van der Waals surface area contributed by atoms with Crippen LogP contribution in [0.15, 0.2) is 42.9 Å². The van der Waals surface area contributed by atoms with Gasteiger partial charge in [0.05, 0.1) is 17.3 Å². The Morgan fingerprint density at radius 3 is 2.90 bits per heavy atom. The third-order valence-corrected chi connectivity index (χ3v) is 5.45. The Labute approximate surface area is 165 Å². The summed E-state index contributed by atoms with van der Waals surface area (Å²) >= 11 is 0. The van der Waals surface area contributed by atoms with E-state index in [2.05, 4.69) is 15.6 Å². The first-order valence-electron chi connectivity index (χ1n) is 9.47. The Morgan fingerprint density at radius 2 is 2.14 bits per heavy atom. The molecular formula is C20H20FN5O3. The van der Waals surface area contributed by atoms with E-state index < -0.39 is 11.5 Å². The minimum atomic E-state index is -0.686. The maximum absolute atomic E-state index is 14.0. The number of fused-ring (bicyclic) bond motifs is 1. The van der Waals surface area contributed by atoms with Crippen LogP contribution in [0.25, 0.3) is 5.65 Å². The molecule has 9 heteroatoms. The van der Waals surface area contributed by atoms with Crippen molar-refractivity contribution in [3.63, 3.8) is 0 Å². The molecule has 1 aromatic carbocycles. The van der Waals surface area contributed by atoms with Crippen molar-refractivity contribution >= 4 is 11.6 Å². The van der Waals surface area contributed by atoms with Crippen LogP contribution in [0.5, 0.6) is 5.75 Å². The molecule has 2 fully saturated rings. The number of carbonyl (C=O) groups excluding carboxylic acids is 1. The van der Waals surface area contributed by atoms with Crippen LogP contribution in [0.4, 0.5) is 4.39 Å². The highest BCUT2D eigenvalue weighted by Crippen LogP contribution is 2.49. The van der Waals surface area contributed by atoms with Crippen molar-refractivity contribution in [3.05, 3.63) is 59.8 Å². The fourth-order valence-corrected chi connectivity index (χ4v) is 3.25. The van der Waals surface area contributed by atoms with E-state index in [0.717, 1.165) is 12.8 Å². The highest BCUT2D eigenvalue weighted by Gasteiger charge is 2.49. The first-order chi connectivity index (χ1) is 14.0. The number of hydroxylamine groups is 1. The largest absolute Gasteiger partial charge is 0.491 e. The average molecular weight is 397 g/mol. The van der Waals surface area contributed by atoms with Crippen LogP contribution in [0.1, 0.15) is 41.6 Å². The lowest BCUT2D eigenvalue weighted by Crippen LogP contribution is -2.33. The summed E-state index contributed by atoms with van der Waals surface area (Å²) in [5.74, 6) is -0.447. The van der Waals surface area contributed by atoms with Gasteiger partial charge in [0.25, 0.3) is 0 Å². The molecule has 2 aliphatic rings. The van der Waals surface area contributed by atoms with Gasteiger partial charge in [-0.15, -0.1) is 5.48 Å². The van der Waals surface area contributed by atoms with Gasteiger partial charge in [0.2, 0.25) is 0 Å². The maximum atomic E-state index is 14.0. The van der Waals surface area contributed by atoms with Gasteiger partial charge in [-0.1, -0.05) is 0 Å². The van der Waals surface area contributed by atoms with Crippen molar-refractivity contribution in [3.8, 4) is 5.75 Å². The van der Waals surface area contributed by atoms with Gasteiger partial charge in [0.1, 0.15) is 23.7 Å². The van der Waals surface area contributed by atoms with Gasteiger partial charge < -0.3 is 15.3 Å². The molecule has 0 spiro atoms. The van der Waals surface area contributed by atoms with Crippen molar-refractivity contribution in [2.24, 2.45) is 5.73 Å². The van der Waals surface area contributed by atoms with Gasteiger partial charge in [-0.25, -0.2) is 18.7 Å². The lowest BCUT2D eigenvalue weighted by molar-refractivity contribution is 0.0110. The van der Waals surface area contributed by atoms with Crippen molar-refractivity contribution in [2.75, 3.05) is 6.61 Å². The summed E-state index contributed by atoms with van der Waals surface area (Å²) in [6.07, 6.45) is 7.86. The number of nitrogens with two attached hydrogens (primary N) is 1. The van der Waals surface area contributed by atoms with Crippen LogP contribution in [-0.4, -0.2) is 32.7 Å². The van der Waals surface area contributed by atoms with Crippen LogP contribution >= 0.6 is 0 Å². The molecule has 0 atom stereocenters. The summed E-state index contributed by atoms with van der Waals surface area (Å²) in [6, 6.07) is 6.07. The number of hydrogen-bond donors (Lipinski definition) is 2. The summed E-state index contributed by atoms with van der Waals surface area (Å²) < 4.78 is 21.3. The highest BCUT2D eigenvalue weighted by atomic mass is 19.1. The highest BCUT2D eigenvalue weighted by molar-refractivity contribution is 5.95. The first kappa shape index (κ1) is 18.0. The molecule has 0 amide bonds. The van der Waals surface area contributed by atoms with Gasteiger partial charge in [-0.05, 0) is 49.9 Å². The Balaban J connectivity index is 1.34. The molecule has 0 radical (unpaired) electrons. The number of benzene rings is 1. The zero-order chi connectivity index (χ0) is 20.1. The predicted octanol–water partition coefficient (Wildman–Crippen LogP) is 2.09. The molecular weight excluding hydrogens is 377 g/mol. The molecule has 0 unspecified atom stereocenters. The molecule has 0 aliphatic heterocycles. The number of rotatable bonds is 7. The molecule has 2 aliphatic carbocycles. The summed E-state index contributed by atoms with van der Waals surface area (Å²) in [5.41, 5.74) is 9.20. The second kappa shape index (κ2) is 6.50. The second-order valence-electron chi connectivity index (χ2n) is 7.81. The van der Waals surface area contributed by atoms with E-state index in [-0.39, 0.29) is 16.9 Å². The van der Waals surface area contributed by atoms with E-state index in [9.17, 15) is 9.18 Å². The fraction of sp³-hybridized carbons (Fsp3) is 0.350. The minimum absolute atomic E-state index is 0.239. The molecule has 150 valence electrons. The number of nitrogens with one attached hydrogen (secondary N) is 1. The molecule has 5 rings (SSSR count). The molecule has 3 aromatic rings. The Hall–Kier alpha value is -3.04. The molecule has 3 N–H and O–H groups in total. The third kappa shape index (κ3) is 3.43. The van der Waals surface area contributed by atoms with Crippen LogP contribution in [-0.2, 0) is 10.4 Å². The molecule has 2 heterocycles. The van der Waals surface area contributed by atoms with Gasteiger partial charge in [-0.3, -0.25) is 0 Å². The van der Waals surface area contributed by atoms with E-state index in [1.807, 2.05) is 0 Å². The maximum Gasteiger partial charge on any atom is 0.362 e. The zero-order valence-electron chi connectivity index (χ0n) is 15.6. The Kier molecular flexibility index (Phi) is 4.04. The van der Waals surface area contributed by atoms with Crippen LogP contribution in [0.2, 0.25) is 0 Å². The smallest absolute Gasteiger partial charge is 0.362 e. The molecule has 29 heavy (non-hydrogen) atoms. The number of halogens is 1. The summed E-state index contributed by atoms with van der Waals surface area (Å²) in [4.78, 5) is 22.0. The van der Waals surface area contributed by atoms with E-state index in [1.54, 1.807) is 24.5 Å². The van der Waals surface area contributed by atoms with Gasteiger partial charge in [0.15, 0.2) is 5.65 Å². The number of carbonyl (C=O) groups is 1. The van der Waals surface area contributed by atoms with Crippen LogP contribution in [0.3, 0.4) is 0 Å². The monoisotopic (exact) mass is 397 g/mol. The molecule has 0 bridgehead atoms. The predicted molar refractivity (Wildman–Crippen MR) is 100 cm³/mol. The third-order valence-electron chi connectivity index (χ3n) is 5.45. The minimum Gasteiger partial charge on any atom is -0.491 e. The average Bonchev–Trinajstić information content (AvgIpc) is 3.63. The SMILES string of the molecule is NC1(COc2ccc(F)cc2C2(NOC(=O)c3cnn4cccnc34)CC2)CC1. The van der Waals surface area contributed by atoms with Crippen molar-refractivity contribution < 1.29 is 18.8 Å². The topological polar surface area (TPSA) is 104 Å². The molecule has 2 aromatic heterocycles. The molecule has 2 saturated carbocycles. The van der Waals surface area contributed by atoms with Crippen LogP contribution < -0.4 is 16.0 Å². The normalized spacial score (nSPS) is 18.4. The summed E-state index contributed by atoms with van der Waals surface area (Å²) in [6.45, 7) is 0.371. The van der Waals surface area contributed by atoms with E-state index in [1.165, 1.54) is 22.8 Å². The molecule has 8 nitrogen and oxygen atoms in total. The van der Waals surface area contributed by atoms with Crippen molar-refractivity contribution in [1.82, 2.24) is 20.1 Å². The van der Waals surface area contributed by atoms with E-state index in [4.69, 9.17) is 15.3 Å². The molecule has 0 saturated heterocycles. The van der Waals surface area contributed by atoms with Gasteiger partial charge >= 0.3 is 5.97 Å². The fourth-order valence-electron chi connectivity index (χ4n) is 3.25. The van der Waals surface area contributed by atoms with Crippen LogP contribution in [0, 0.1) is 5.82 Å². The Morgan fingerprint density at radius 1 is 1.31 bits per heavy atom. The number of hydrogen-bond acceptors (Lipinski definition) is 7. The van der Waals surface area contributed by atoms with Crippen molar-refractivity contribution in [1.29, 1.82) is 0 Å². The summed E-state index contributed by atoms with van der Waals surface area (Å²) in [5, 5.41) is 4.08.